The lowest BCUT2D eigenvalue weighted by Gasteiger charge is -2.33. The summed E-state index contributed by atoms with van der Waals surface area (Å²) in [4.78, 5) is 23.0. The summed E-state index contributed by atoms with van der Waals surface area (Å²) in [7, 11) is 0. The van der Waals surface area contributed by atoms with Gasteiger partial charge < -0.3 is 5.11 Å². The Morgan fingerprint density at radius 2 is 1.61 bits per heavy atom. The second-order valence-electron chi connectivity index (χ2n) is 8.17. The van der Waals surface area contributed by atoms with Gasteiger partial charge in [-0.3, -0.25) is 20.3 Å². The van der Waals surface area contributed by atoms with Crippen LogP contribution in [0.25, 0.3) is 5.70 Å². The number of carbonyl (C=O) groups is 1. The van der Waals surface area contributed by atoms with Crippen molar-refractivity contribution in [2.45, 2.75) is 38.1 Å². The van der Waals surface area contributed by atoms with Crippen LogP contribution in [0.1, 0.15) is 42.3 Å². The second kappa shape index (κ2) is 7.38. The van der Waals surface area contributed by atoms with Crippen molar-refractivity contribution in [3.8, 4) is 0 Å². The first kappa shape index (κ1) is 22.3. The molecule has 0 aliphatic carbocycles. The van der Waals surface area contributed by atoms with E-state index in [1.54, 1.807) is 12.1 Å². The molecule has 0 saturated carbocycles. The number of hydrazine groups is 1. The smallest absolute Gasteiger partial charge is 0.359 e. The molecule has 0 bridgehead atoms. The van der Waals surface area contributed by atoms with Crippen LogP contribution in [0, 0.1) is 10.1 Å². The zero-order chi connectivity index (χ0) is 23.2. The Morgan fingerprint density at radius 1 is 1.06 bits per heavy atom. The van der Waals surface area contributed by atoms with Gasteiger partial charge in [0.25, 0.3) is 17.3 Å². The zero-order valence-corrected chi connectivity index (χ0v) is 16.9. The lowest BCUT2D eigenvalue weighted by molar-refractivity contribution is -0.384. The minimum absolute atomic E-state index is 0.0541. The van der Waals surface area contributed by atoms with E-state index in [0.717, 1.165) is 17.7 Å². The highest BCUT2D eigenvalue weighted by Crippen LogP contribution is 2.40. The molecule has 164 valence electrons. The summed E-state index contributed by atoms with van der Waals surface area (Å²) in [6, 6.07) is 10.7. The van der Waals surface area contributed by atoms with Crippen LogP contribution < -0.4 is 5.43 Å². The number of amides is 1. The lowest BCUT2D eigenvalue weighted by atomic mass is 9.86. The lowest BCUT2D eigenvalue weighted by Crippen LogP contribution is -2.60. The van der Waals surface area contributed by atoms with Crippen molar-refractivity contribution in [3.63, 3.8) is 0 Å². The summed E-state index contributed by atoms with van der Waals surface area (Å²) in [5.41, 5.74) is -1.03. The van der Waals surface area contributed by atoms with Gasteiger partial charge >= 0.3 is 6.18 Å². The SMILES string of the molecule is CC(C)(C)c1ccc(C(=O)N2NC(c3ccc([N+](=O)[O-])cc3)=C[C@]2(O)C(F)(F)F)cc1. The molecule has 1 aliphatic rings. The number of alkyl halides is 3. The number of aliphatic hydroxyl groups is 1. The predicted octanol–water partition coefficient (Wildman–Crippen LogP) is 4.14. The standard InChI is InChI=1S/C21H20F3N3O4/c1-19(2,3)15-8-4-14(5-9-15)18(28)26-20(29,21(22,23)24)12-17(25-26)13-6-10-16(11-7-13)27(30)31/h4-12,25,29H,1-3H3/t20-/m0/s1. The van der Waals surface area contributed by atoms with Crippen LogP contribution in [0.5, 0.6) is 0 Å². The van der Waals surface area contributed by atoms with Crippen molar-refractivity contribution < 1.29 is 28.0 Å². The Balaban J connectivity index is 1.96. The summed E-state index contributed by atoms with van der Waals surface area (Å²) in [6.45, 7) is 5.86. The number of nitrogens with one attached hydrogen (secondary N) is 1. The number of non-ortho nitro benzene ring substituents is 1. The average Bonchev–Trinajstić information content (AvgIpc) is 3.06. The van der Waals surface area contributed by atoms with Crippen LogP contribution in [-0.4, -0.2) is 32.8 Å². The van der Waals surface area contributed by atoms with Gasteiger partial charge in [-0.15, -0.1) is 0 Å². The maximum Gasteiger partial charge on any atom is 0.442 e. The van der Waals surface area contributed by atoms with Gasteiger partial charge in [-0.05, 0) is 40.8 Å². The molecule has 1 amide bonds. The van der Waals surface area contributed by atoms with Gasteiger partial charge in [0.15, 0.2) is 0 Å². The molecule has 1 heterocycles. The van der Waals surface area contributed by atoms with E-state index in [4.69, 9.17) is 0 Å². The van der Waals surface area contributed by atoms with Crippen LogP contribution >= 0.6 is 0 Å². The summed E-state index contributed by atoms with van der Waals surface area (Å²) >= 11 is 0. The quantitative estimate of drug-likeness (QED) is 0.558. The summed E-state index contributed by atoms with van der Waals surface area (Å²) in [6.07, 6.45) is -4.74. The number of rotatable bonds is 3. The van der Waals surface area contributed by atoms with Gasteiger partial charge in [0.1, 0.15) is 0 Å². The minimum atomic E-state index is -5.20. The van der Waals surface area contributed by atoms with E-state index < -0.39 is 22.7 Å². The molecule has 0 saturated heterocycles. The largest absolute Gasteiger partial charge is 0.442 e. The molecule has 31 heavy (non-hydrogen) atoms. The normalized spacial score (nSPS) is 19.1. The molecule has 2 N–H and O–H groups in total. The third-order valence-corrected chi connectivity index (χ3v) is 4.93. The molecule has 1 atom stereocenters. The van der Waals surface area contributed by atoms with Crippen LogP contribution in [0.4, 0.5) is 18.9 Å². The van der Waals surface area contributed by atoms with Gasteiger partial charge in [-0.25, -0.2) is 5.01 Å². The average molecular weight is 435 g/mol. The number of hydrogen-bond acceptors (Lipinski definition) is 5. The maximum atomic E-state index is 13.7. The molecule has 0 radical (unpaired) electrons. The molecule has 2 aromatic carbocycles. The van der Waals surface area contributed by atoms with E-state index in [1.165, 1.54) is 24.3 Å². The Bertz CT molecular complexity index is 1040. The third kappa shape index (κ3) is 4.11. The summed E-state index contributed by atoms with van der Waals surface area (Å²) in [5.74, 6) is -1.09. The maximum absolute atomic E-state index is 13.7. The van der Waals surface area contributed by atoms with Crippen LogP contribution in [-0.2, 0) is 5.41 Å². The van der Waals surface area contributed by atoms with Gasteiger partial charge in [0, 0.05) is 23.8 Å². The molecular weight excluding hydrogens is 415 g/mol. The molecular formula is C21H20F3N3O4. The van der Waals surface area contributed by atoms with Crippen molar-refractivity contribution in [2.24, 2.45) is 0 Å². The Hall–Kier alpha value is -3.40. The van der Waals surface area contributed by atoms with Crippen LogP contribution in [0.15, 0.2) is 54.6 Å². The Labute approximate surface area is 175 Å². The molecule has 7 nitrogen and oxygen atoms in total. The highest BCUT2D eigenvalue weighted by Gasteiger charge is 2.61. The van der Waals surface area contributed by atoms with Crippen LogP contribution in [0.3, 0.4) is 0 Å². The predicted molar refractivity (Wildman–Crippen MR) is 107 cm³/mol. The number of nitrogens with zero attached hydrogens (tertiary/aromatic N) is 2. The number of nitro groups is 1. The molecule has 0 spiro atoms. The van der Waals surface area contributed by atoms with Crippen molar-refractivity contribution in [1.82, 2.24) is 10.4 Å². The molecule has 10 heteroatoms. The molecule has 2 aromatic rings. The van der Waals surface area contributed by atoms with Crippen molar-refractivity contribution in [3.05, 3.63) is 81.4 Å². The molecule has 0 aromatic heterocycles. The molecule has 1 aliphatic heterocycles. The van der Waals surface area contributed by atoms with Gasteiger partial charge in [0.05, 0.1) is 10.6 Å². The number of nitro benzene ring substituents is 1. The van der Waals surface area contributed by atoms with Crippen molar-refractivity contribution >= 4 is 17.3 Å². The third-order valence-electron chi connectivity index (χ3n) is 4.93. The minimum Gasteiger partial charge on any atom is -0.359 e. The van der Waals surface area contributed by atoms with Crippen LogP contribution in [0.2, 0.25) is 0 Å². The van der Waals surface area contributed by atoms with E-state index in [1.807, 2.05) is 20.8 Å². The van der Waals surface area contributed by atoms with Gasteiger partial charge in [-0.1, -0.05) is 32.9 Å². The van der Waals surface area contributed by atoms with E-state index >= 15 is 0 Å². The summed E-state index contributed by atoms with van der Waals surface area (Å²) in [5, 5.41) is 21.3. The fourth-order valence-electron chi connectivity index (χ4n) is 3.07. The Kier molecular flexibility index (Phi) is 5.31. The van der Waals surface area contributed by atoms with Gasteiger partial charge in [0.2, 0.25) is 0 Å². The second-order valence-corrected chi connectivity index (χ2v) is 8.17. The first-order valence-corrected chi connectivity index (χ1v) is 9.22. The molecule has 0 fully saturated rings. The first-order valence-electron chi connectivity index (χ1n) is 9.22. The van der Waals surface area contributed by atoms with E-state index in [2.05, 4.69) is 5.43 Å². The number of benzene rings is 2. The number of hydrogen-bond donors (Lipinski definition) is 2. The fraction of sp³-hybridized carbons (Fsp3) is 0.286. The number of halogens is 3. The Morgan fingerprint density at radius 3 is 2.06 bits per heavy atom. The van der Waals surface area contributed by atoms with Gasteiger partial charge in [-0.2, -0.15) is 13.2 Å². The molecule has 0 unspecified atom stereocenters. The fourth-order valence-corrected chi connectivity index (χ4v) is 3.07. The highest BCUT2D eigenvalue weighted by atomic mass is 19.4. The van der Waals surface area contributed by atoms with Crippen molar-refractivity contribution in [2.75, 3.05) is 0 Å². The van der Waals surface area contributed by atoms with E-state index in [9.17, 15) is 33.2 Å². The highest BCUT2D eigenvalue weighted by molar-refractivity contribution is 5.96. The zero-order valence-electron chi connectivity index (χ0n) is 16.9. The van der Waals surface area contributed by atoms with E-state index in [0.29, 0.717) is 6.08 Å². The topological polar surface area (TPSA) is 95.7 Å². The van der Waals surface area contributed by atoms with E-state index in [-0.39, 0.29) is 32.9 Å². The first-order chi connectivity index (χ1) is 14.2. The summed E-state index contributed by atoms with van der Waals surface area (Å²) < 4.78 is 41.2. The number of carbonyl (C=O) groups excluding carboxylic acids is 1. The monoisotopic (exact) mass is 435 g/mol. The molecule has 3 rings (SSSR count). The van der Waals surface area contributed by atoms with Crippen molar-refractivity contribution in [1.29, 1.82) is 0 Å².